The van der Waals surface area contributed by atoms with Gasteiger partial charge in [-0.15, -0.1) is 10.2 Å². The van der Waals surface area contributed by atoms with Gasteiger partial charge in [0.05, 0.1) is 11.5 Å². The van der Waals surface area contributed by atoms with Gasteiger partial charge in [0.15, 0.2) is 10.1 Å². The number of hydrogen-bond acceptors (Lipinski definition) is 9. The van der Waals surface area contributed by atoms with Crippen molar-refractivity contribution in [3.8, 4) is 11.6 Å². The largest absolute Gasteiger partial charge is 0.461 e. The lowest BCUT2D eigenvalue weighted by molar-refractivity contribution is 0.379. The monoisotopic (exact) mass is 351 g/mol. The minimum Gasteiger partial charge on any atom is -0.461 e. The summed E-state index contributed by atoms with van der Waals surface area (Å²) in [5.74, 6) is 2.14. The number of nitrogens with zero attached hydrogens (tertiary/aromatic N) is 4. The van der Waals surface area contributed by atoms with E-state index in [-0.39, 0.29) is 5.25 Å². The van der Waals surface area contributed by atoms with Crippen LogP contribution in [0.2, 0.25) is 0 Å². The smallest absolute Gasteiger partial charge is 0.240 e. The Morgan fingerprint density at radius 3 is 2.91 bits per heavy atom. The molecule has 122 valence electrons. The average molecular weight is 351 g/mol. The van der Waals surface area contributed by atoms with Gasteiger partial charge in [0.25, 0.3) is 0 Å². The standard InChI is InChI=1S/C14H17N5O2S2/c1-8(2)7-15-13-17-18-14(23-13)22-9(3)12-16-11(19-21-12)10-5-4-6-20-10/h4-6,8-9H,7H2,1-3H3,(H,15,17). The summed E-state index contributed by atoms with van der Waals surface area (Å²) in [5.41, 5.74) is 0. The van der Waals surface area contributed by atoms with Crippen LogP contribution in [0.5, 0.6) is 0 Å². The van der Waals surface area contributed by atoms with Crippen LogP contribution in [0.3, 0.4) is 0 Å². The molecular weight excluding hydrogens is 334 g/mol. The molecule has 3 heterocycles. The Kier molecular flexibility index (Phi) is 4.97. The highest BCUT2D eigenvalue weighted by Gasteiger charge is 2.19. The summed E-state index contributed by atoms with van der Waals surface area (Å²) in [7, 11) is 0. The molecule has 1 unspecified atom stereocenters. The number of thioether (sulfide) groups is 1. The number of anilines is 1. The van der Waals surface area contributed by atoms with Crippen molar-refractivity contribution in [2.75, 3.05) is 11.9 Å². The van der Waals surface area contributed by atoms with E-state index in [1.807, 2.05) is 6.92 Å². The first-order valence-electron chi connectivity index (χ1n) is 7.23. The second-order valence-electron chi connectivity index (χ2n) is 5.34. The Bertz CT molecular complexity index is 738. The lowest BCUT2D eigenvalue weighted by Crippen LogP contribution is -2.07. The molecule has 0 spiro atoms. The van der Waals surface area contributed by atoms with Gasteiger partial charge in [0.2, 0.25) is 16.8 Å². The zero-order valence-electron chi connectivity index (χ0n) is 13.0. The summed E-state index contributed by atoms with van der Waals surface area (Å²) in [5, 5.41) is 16.3. The highest BCUT2D eigenvalue weighted by atomic mass is 32.2. The Morgan fingerprint density at radius 2 is 2.17 bits per heavy atom. The van der Waals surface area contributed by atoms with Crippen molar-refractivity contribution in [3.63, 3.8) is 0 Å². The van der Waals surface area contributed by atoms with Gasteiger partial charge in [-0.25, -0.2) is 0 Å². The van der Waals surface area contributed by atoms with Crippen molar-refractivity contribution in [1.82, 2.24) is 20.3 Å². The first-order chi connectivity index (χ1) is 11.1. The topological polar surface area (TPSA) is 89.9 Å². The molecule has 0 bridgehead atoms. The molecule has 0 saturated heterocycles. The second-order valence-corrected chi connectivity index (χ2v) is 7.91. The van der Waals surface area contributed by atoms with Crippen molar-refractivity contribution in [3.05, 3.63) is 24.3 Å². The van der Waals surface area contributed by atoms with Crippen LogP contribution in [0.15, 0.2) is 31.7 Å². The number of rotatable bonds is 7. The Hall–Kier alpha value is -1.87. The van der Waals surface area contributed by atoms with Crippen LogP contribution in [-0.2, 0) is 0 Å². The van der Waals surface area contributed by atoms with Crippen molar-refractivity contribution in [2.45, 2.75) is 30.4 Å². The molecule has 0 radical (unpaired) electrons. The summed E-state index contributed by atoms with van der Waals surface area (Å²) in [6.07, 6.45) is 1.58. The van der Waals surface area contributed by atoms with Crippen LogP contribution in [0.25, 0.3) is 11.6 Å². The zero-order chi connectivity index (χ0) is 16.2. The van der Waals surface area contributed by atoms with E-state index in [2.05, 4.69) is 39.5 Å². The molecule has 0 aromatic carbocycles. The predicted octanol–water partition coefficient (Wildman–Crippen LogP) is 4.10. The fourth-order valence-corrected chi connectivity index (χ4v) is 3.66. The Balaban J connectivity index is 1.62. The van der Waals surface area contributed by atoms with E-state index in [0.717, 1.165) is 16.0 Å². The van der Waals surface area contributed by atoms with E-state index in [0.29, 0.717) is 23.4 Å². The van der Waals surface area contributed by atoms with Crippen molar-refractivity contribution >= 4 is 28.2 Å². The molecule has 0 saturated carbocycles. The van der Waals surface area contributed by atoms with Crippen LogP contribution >= 0.6 is 23.1 Å². The van der Waals surface area contributed by atoms with Gasteiger partial charge in [-0.2, -0.15) is 4.98 Å². The van der Waals surface area contributed by atoms with E-state index in [1.165, 1.54) is 11.3 Å². The predicted molar refractivity (Wildman–Crippen MR) is 89.5 cm³/mol. The first-order valence-corrected chi connectivity index (χ1v) is 8.93. The maximum atomic E-state index is 5.31. The van der Waals surface area contributed by atoms with Crippen molar-refractivity contribution in [2.24, 2.45) is 5.92 Å². The molecular formula is C14H17N5O2S2. The van der Waals surface area contributed by atoms with Gasteiger partial charge < -0.3 is 14.3 Å². The van der Waals surface area contributed by atoms with Crippen LogP contribution in [0.4, 0.5) is 5.13 Å². The molecule has 0 aliphatic rings. The molecule has 3 rings (SSSR count). The van der Waals surface area contributed by atoms with E-state index in [4.69, 9.17) is 8.94 Å². The van der Waals surface area contributed by atoms with Crippen molar-refractivity contribution < 1.29 is 8.94 Å². The van der Waals surface area contributed by atoms with Gasteiger partial charge in [-0.3, -0.25) is 0 Å². The van der Waals surface area contributed by atoms with Gasteiger partial charge >= 0.3 is 0 Å². The Morgan fingerprint density at radius 1 is 1.30 bits per heavy atom. The molecule has 1 atom stereocenters. The maximum Gasteiger partial charge on any atom is 0.240 e. The van der Waals surface area contributed by atoms with Crippen LogP contribution in [-0.4, -0.2) is 26.9 Å². The minimum absolute atomic E-state index is 0.0166. The quantitative estimate of drug-likeness (QED) is 0.636. The highest BCUT2D eigenvalue weighted by Crippen LogP contribution is 2.37. The molecule has 0 amide bonds. The Labute approximate surface area is 141 Å². The van der Waals surface area contributed by atoms with Crippen LogP contribution in [0, 0.1) is 5.92 Å². The lowest BCUT2D eigenvalue weighted by atomic mass is 10.2. The maximum absolute atomic E-state index is 5.31. The summed E-state index contributed by atoms with van der Waals surface area (Å²) >= 11 is 3.06. The molecule has 0 aliphatic carbocycles. The molecule has 7 nitrogen and oxygen atoms in total. The molecule has 23 heavy (non-hydrogen) atoms. The third-order valence-corrected chi connectivity index (χ3v) is 4.93. The molecule has 9 heteroatoms. The number of aromatic nitrogens is 4. The highest BCUT2D eigenvalue weighted by molar-refractivity contribution is 8.01. The SMILES string of the molecule is CC(C)CNc1nnc(SC(C)c2nc(-c3ccco3)no2)s1. The number of nitrogens with one attached hydrogen (secondary N) is 1. The fraction of sp³-hybridized carbons (Fsp3) is 0.429. The number of furan rings is 1. The minimum atomic E-state index is -0.0166. The normalized spacial score (nSPS) is 12.7. The summed E-state index contributed by atoms with van der Waals surface area (Å²) in [4.78, 5) is 4.36. The van der Waals surface area contributed by atoms with E-state index in [9.17, 15) is 0 Å². The van der Waals surface area contributed by atoms with Crippen LogP contribution < -0.4 is 5.32 Å². The fourth-order valence-electron chi connectivity index (χ4n) is 1.73. The molecule has 0 aliphatic heterocycles. The van der Waals surface area contributed by atoms with Crippen LogP contribution in [0.1, 0.15) is 31.9 Å². The van der Waals surface area contributed by atoms with Gasteiger partial charge in [-0.1, -0.05) is 42.1 Å². The van der Waals surface area contributed by atoms with E-state index < -0.39 is 0 Å². The van der Waals surface area contributed by atoms with Gasteiger partial charge in [0, 0.05) is 6.54 Å². The van der Waals surface area contributed by atoms with Gasteiger partial charge in [0.1, 0.15) is 0 Å². The van der Waals surface area contributed by atoms with Crippen molar-refractivity contribution in [1.29, 1.82) is 0 Å². The van der Waals surface area contributed by atoms with E-state index >= 15 is 0 Å². The second kappa shape index (κ2) is 7.14. The molecule has 1 N–H and O–H groups in total. The van der Waals surface area contributed by atoms with E-state index in [1.54, 1.807) is 30.2 Å². The summed E-state index contributed by atoms with van der Waals surface area (Å²) < 4.78 is 11.4. The summed E-state index contributed by atoms with van der Waals surface area (Å²) in [6.45, 7) is 7.17. The third kappa shape index (κ3) is 4.11. The third-order valence-electron chi connectivity index (χ3n) is 2.88. The lowest BCUT2D eigenvalue weighted by Gasteiger charge is -2.03. The molecule has 3 aromatic heterocycles. The average Bonchev–Trinajstić information content (AvgIpc) is 3.25. The summed E-state index contributed by atoms with van der Waals surface area (Å²) in [6, 6.07) is 3.58. The first kappa shape index (κ1) is 16.0. The number of hydrogen-bond donors (Lipinski definition) is 1. The molecule has 3 aromatic rings. The van der Waals surface area contributed by atoms with Gasteiger partial charge in [-0.05, 0) is 25.0 Å². The molecule has 0 fully saturated rings. The zero-order valence-corrected chi connectivity index (χ0v) is 14.6.